The van der Waals surface area contributed by atoms with Crippen molar-refractivity contribution in [2.45, 2.75) is 60.8 Å². The summed E-state index contributed by atoms with van der Waals surface area (Å²) in [5.74, 6) is 0.694. The number of aliphatic hydroxyl groups excluding tert-OH is 1. The van der Waals surface area contributed by atoms with E-state index in [2.05, 4.69) is 32.2 Å². The molecule has 0 amide bonds. The molecular weight excluding hydrogens is 496 g/mol. The third-order valence-electron chi connectivity index (χ3n) is 7.56. The van der Waals surface area contributed by atoms with Crippen LogP contribution in [0.2, 0.25) is 0 Å². The number of hydrogen-bond acceptors (Lipinski definition) is 8. The maximum Gasteiger partial charge on any atom is 0.181 e. The van der Waals surface area contributed by atoms with Crippen LogP contribution >= 0.6 is 11.3 Å². The van der Waals surface area contributed by atoms with Crippen molar-refractivity contribution in [2.24, 2.45) is 5.92 Å². The third kappa shape index (κ3) is 5.15. The van der Waals surface area contributed by atoms with E-state index in [4.69, 9.17) is 4.74 Å². The fourth-order valence-electron chi connectivity index (χ4n) is 5.25. The van der Waals surface area contributed by atoms with E-state index >= 15 is 0 Å². The Bertz CT molecular complexity index is 1290. The van der Waals surface area contributed by atoms with Gasteiger partial charge in [0.2, 0.25) is 0 Å². The van der Waals surface area contributed by atoms with Gasteiger partial charge in [0.05, 0.1) is 28.5 Å². The smallest absolute Gasteiger partial charge is 0.181 e. The first kappa shape index (κ1) is 24.2. The number of aliphatic hydroxyl groups is 1. The van der Waals surface area contributed by atoms with Gasteiger partial charge in [-0.1, -0.05) is 23.5 Å². The van der Waals surface area contributed by atoms with Gasteiger partial charge in [0.15, 0.2) is 14.8 Å². The average molecular weight is 529 g/mol. The Morgan fingerprint density at radius 1 is 1.06 bits per heavy atom. The highest BCUT2D eigenvalue weighted by atomic mass is 32.2. The average Bonchev–Trinajstić information content (AvgIpc) is 3.46. The number of nitrogens with zero attached hydrogens (tertiary/aromatic N) is 3. The van der Waals surface area contributed by atoms with Crippen LogP contribution in [0.1, 0.15) is 54.3 Å². The fourth-order valence-corrected chi connectivity index (χ4v) is 7.77. The second-order valence-corrected chi connectivity index (χ2v) is 13.6. The molecule has 1 aromatic carbocycles. The summed E-state index contributed by atoms with van der Waals surface area (Å²) in [6.45, 7) is 3.69. The molecule has 1 saturated carbocycles. The van der Waals surface area contributed by atoms with Crippen molar-refractivity contribution in [3.8, 4) is 10.7 Å². The number of sulfone groups is 1. The molecule has 1 unspecified atom stereocenters. The summed E-state index contributed by atoms with van der Waals surface area (Å²) in [4.78, 5) is 6.19. The van der Waals surface area contributed by atoms with Crippen molar-refractivity contribution in [1.82, 2.24) is 20.1 Å². The van der Waals surface area contributed by atoms with Crippen molar-refractivity contribution in [2.75, 3.05) is 26.3 Å². The van der Waals surface area contributed by atoms with Crippen molar-refractivity contribution in [1.29, 1.82) is 0 Å². The molecular formula is C26H32N4O4S2. The van der Waals surface area contributed by atoms with Crippen LogP contribution in [0.25, 0.3) is 10.7 Å². The van der Waals surface area contributed by atoms with Crippen LogP contribution in [-0.4, -0.2) is 71.3 Å². The van der Waals surface area contributed by atoms with Gasteiger partial charge in [-0.05, 0) is 67.9 Å². The van der Waals surface area contributed by atoms with Gasteiger partial charge in [-0.15, -0.1) is 10.2 Å². The lowest BCUT2D eigenvalue weighted by Gasteiger charge is -2.34. The summed E-state index contributed by atoms with van der Waals surface area (Å²) in [6.07, 6.45) is 4.39. The highest BCUT2D eigenvalue weighted by Gasteiger charge is 2.37. The maximum atomic E-state index is 12.7. The van der Waals surface area contributed by atoms with Crippen LogP contribution in [0, 0.1) is 5.92 Å². The summed E-state index contributed by atoms with van der Waals surface area (Å²) >= 11 is 1.57. The quantitative estimate of drug-likeness (QED) is 0.437. The molecule has 3 aromatic rings. The Labute approximate surface area is 215 Å². The molecule has 0 bridgehead atoms. The summed E-state index contributed by atoms with van der Waals surface area (Å²) in [5.41, 5.74) is 3.18. The molecule has 36 heavy (non-hydrogen) atoms. The van der Waals surface area contributed by atoms with Gasteiger partial charge >= 0.3 is 0 Å². The van der Waals surface area contributed by atoms with E-state index < -0.39 is 9.84 Å². The van der Waals surface area contributed by atoms with E-state index in [0.29, 0.717) is 30.4 Å². The van der Waals surface area contributed by atoms with Crippen LogP contribution in [0.15, 0.2) is 41.3 Å². The summed E-state index contributed by atoms with van der Waals surface area (Å²) in [7, 11) is -3.19. The topological polar surface area (TPSA) is 108 Å². The molecule has 6 rings (SSSR count). The maximum absolute atomic E-state index is 12.7. The second-order valence-electron chi connectivity index (χ2n) is 10.3. The van der Waals surface area contributed by atoms with Crippen LogP contribution in [0.3, 0.4) is 0 Å². The van der Waals surface area contributed by atoms with Crippen molar-refractivity contribution >= 4 is 21.2 Å². The standard InChI is InChI=1S/C26H32N4O4S2/c31-19-14-30(15-19)16-25-28-29-26(35-25)24-8-7-23(27-24)22(13-17-9-11-34-12-10-17)18-1-3-20(4-2-18)36(32,33)21-5-6-21/h1-4,7-8,17,19,21-22,27,31H,5-6,9-16H2. The zero-order valence-electron chi connectivity index (χ0n) is 20.2. The van der Waals surface area contributed by atoms with Crippen LogP contribution in [-0.2, 0) is 21.1 Å². The number of aromatic nitrogens is 3. The summed E-state index contributed by atoms with van der Waals surface area (Å²) in [6, 6.07) is 11.7. The molecule has 3 aliphatic rings. The van der Waals surface area contributed by atoms with Crippen molar-refractivity contribution in [3.05, 3.63) is 52.7 Å². The van der Waals surface area contributed by atoms with Gasteiger partial charge in [-0.3, -0.25) is 4.90 Å². The lowest BCUT2D eigenvalue weighted by molar-refractivity contribution is -0.00299. The molecule has 4 heterocycles. The number of ether oxygens (including phenoxy) is 1. The lowest BCUT2D eigenvalue weighted by atomic mass is 9.83. The van der Waals surface area contributed by atoms with E-state index in [1.807, 2.05) is 12.1 Å². The second kappa shape index (κ2) is 9.98. The predicted octanol–water partition coefficient (Wildman–Crippen LogP) is 3.59. The largest absolute Gasteiger partial charge is 0.390 e. The monoisotopic (exact) mass is 528 g/mol. The van der Waals surface area contributed by atoms with E-state index in [1.165, 1.54) is 0 Å². The molecule has 0 spiro atoms. The summed E-state index contributed by atoms with van der Waals surface area (Å²) in [5, 5.41) is 19.9. The highest BCUT2D eigenvalue weighted by molar-refractivity contribution is 7.92. The number of β-amino-alcohol motifs (C(OH)–C–C–N with tert-alkyl or cyclic N) is 1. The third-order valence-corrected chi connectivity index (χ3v) is 10.8. The number of aromatic amines is 1. The molecule has 1 atom stereocenters. The number of H-pyrrole nitrogens is 1. The normalized spacial score (nSPS) is 20.9. The van der Waals surface area contributed by atoms with Crippen molar-refractivity contribution < 1.29 is 18.3 Å². The zero-order valence-corrected chi connectivity index (χ0v) is 21.8. The molecule has 3 fully saturated rings. The van der Waals surface area contributed by atoms with Gasteiger partial charge in [0, 0.05) is 37.9 Å². The number of likely N-dealkylation sites (tertiary alicyclic amines) is 1. The number of benzene rings is 1. The first-order chi connectivity index (χ1) is 17.5. The van der Waals surface area contributed by atoms with Crippen LogP contribution < -0.4 is 0 Å². The van der Waals surface area contributed by atoms with Gasteiger partial charge < -0.3 is 14.8 Å². The zero-order chi connectivity index (χ0) is 24.7. The van der Waals surface area contributed by atoms with Crippen LogP contribution in [0.4, 0.5) is 0 Å². The Kier molecular flexibility index (Phi) is 6.72. The van der Waals surface area contributed by atoms with E-state index in [9.17, 15) is 13.5 Å². The van der Waals surface area contributed by atoms with Gasteiger partial charge in [0.1, 0.15) is 5.01 Å². The van der Waals surface area contributed by atoms with Gasteiger partial charge in [0.25, 0.3) is 0 Å². The lowest BCUT2D eigenvalue weighted by Crippen LogP contribution is -2.49. The van der Waals surface area contributed by atoms with Gasteiger partial charge in [-0.25, -0.2) is 8.42 Å². The molecule has 10 heteroatoms. The highest BCUT2D eigenvalue weighted by Crippen LogP contribution is 2.38. The summed E-state index contributed by atoms with van der Waals surface area (Å²) < 4.78 is 30.9. The minimum atomic E-state index is -3.19. The first-order valence-corrected chi connectivity index (χ1v) is 15.2. The number of rotatable bonds is 9. The first-order valence-electron chi connectivity index (χ1n) is 12.8. The fraction of sp³-hybridized carbons (Fsp3) is 0.538. The molecule has 1 aliphatic carbocycles. The van der Waals surface area contributed by atoms with E-state index in [-0.39, 0.29) is 17.3 Å². The Morgan fingerprint density at radius 2 is 1.81 bits per heavy atom. The van der Waals surface area contributed by atoms with E-state index in [0.717, 1.165) is 72.3 Å². The minimum absolute atomic E-state index is 0.134. The Morgan fingerprint density at radius 3 is 2.50 bits per heavy atom. The molecule has 0 radical (unpaired) electrons. The number of hydrogen-bond donors (Lipinski definition) is 2. The molecule has 2 saturated heterocycles. The number of nitrogens with one attached hydrogen (secondary N) is 1. The molecule has 2 aromatic heterocycles. The SMILES string of the molecule is O=S(=O)(c1ccc(C(CC2CCOCC2)c2ccc(-c3nnc(CN4CC(O)C4)s3)[nH]2)cc1)C1CC1. The Balaban J connectivity index is 1.23. The van der Waals surface area contributed by atoms with Crippen LogP contribution in [0.5, 0.6) is 0 Å². The minimum Gasteiger partial charge on any atom is -0.390 e. The van der Waals surface area contributed by atoms with Crippen molar-refractivity contribution in [3.63, 3.8) is 0 Å². The van der Waals surface area contributed by atoms with Gasteiger partial charge in [-0.2, -0.15) is 0 Å². The van der Waals surface area contributed by atoms with E-state index in [1.54, 1.807) is 23.5 Å². The predicted molar refractivity (Wildman–Crippen MR) is 138 cm³/mol. The molecule has 2 aliphatic heterocycles. The molecule has 2 N–H and O–H groups in total. The molecule has 192 valence electrons. The molecule has 8 nitrogen and oxygen atoms in total. The Hall–Kier alpha value is -2.11.